The molecule has 0 aliphatic carbocycles. The van der Waals surface area contributed by atoms with Gasteiger partial charge < -0.3 is 23.9 Å². The monoisotopic (exact) mass is 504 g/mol. The molecule has 1 N–H and O–H groups in total. The number of hydrogen-bond acceptors (Lipinski definition) is 7. The van der Waals surface area contributed by atoms with Crippen molar-refractivity contribution in [3.05, 3.63) is 88.8 Å². The summed E-state index contributed by atoms with van der Waals surface area (Å²) >= 11 is 0. The largest absolute Gasteiger partial charge is 0.503 e. The highest BCUT2D eigenvalue weighted by Crippen LogP contribution is 2.42. The summed E-state index contributed by atoms with van der Waals surface area (Å²) in [6.45, 7) is 6.88. The van der Waals surface area contributed by atoms with Crippen LogP contribution in [0.25, 0.3) is 0 Å². The Morgan fingerprint density at radius 3 is 2.51 bits per heavy atom. The molecule has 1 aromatic carbocycles. The zero-order valence-electron chi connectivity index (χ0n) is 21.4. The second-order valence-corrected chi connectivity index (χ2v) is 8.89. The van der Waals surface area contributed by atoms with Crippen molar-refractivity contribution in [3.8, 4) is 11.5 Å². The van der Waals surface area contributed by atoms with Crippen LogP contribution in [-0.4, -0.2) is 39.9 Å². The average molecular weight is 505 g/mol. The Bertz CT molecular complexity index is 1280. The molecule has 1 aliphatic rings. The molecule has 3 heterocycles. The van der Waals surface area contributed by atoms with Crippen molar-refractivity contribution in [1.82, 2.24) is 9.88 Å². The van der Waals surface area contributed by atoms with E-state index < -0.39 is 23.5 Å². The molecule has 0 spiro atoms. The molecule has 1 atom stereocenters. The van der Waals surface area contributed by atoms with Crippen LogP contribution in [0.1, 0.15) is 66.6 Å². The van der Waals surface area contributed by atoms with Crippen LogP contribution in [-0.2, 0) is 11.3 Å². The van der Waals surface area contributed by atoms with Gasteiger partial charge in [0, 0.05) is 18.9 Å². The first-order valence-electron chi connectivity index (χ1n) is 12.6. The Kier molecular flexibility index (Phi) is 8.28. The maximum absolute atomic E-state index is 13.5. The number of ketones is 1. The molecule has 0 bridgehead atoms. The summed E-state index contributed by atoms with van der Waals surface area (Å²) in [6.07, 6.45) is 6.35. The highest BCUT2D eigenvalue weighted by atomic mass is 16.5. The zero-order chi connectivity index (χ0) is 26.4. The molecular formula is C29H32N2O6. The van der Waals surface area contributed by atoms with E-state index in [9.17, 15) is 14.7 Å². The van der Waals surface area contributed by atoms with Crippen LogP contribution in [0.2, 0.25) is 0 Å². The normalized spacial score (nSPS) is 15.4. The van der Waals surface area contributed by atoms with E-state index in [-0.39, 0.29) is 17.9 Å². The number of aromatic nitrogens is 1. The van der Waals surface area contributed by atoms with E-state index in [2.05, 4.69) is 11.9 Å². The molecule has 1 unspecified atom stereocenters. The number of carbonyl (C=O) groups is 2. The molecule has 194 valence electrons. The van der Waals surface area contributed by atoms with Gasteiger partial charge in [-0.1, -0.05) is 25.8 Å². The van der Waals surface area contributed by atoms with Crippen LogP contribution in [0.5, 0.6) is 11.5 Å². The third kappa shape index (κ3) is 5.69. The van der Waals surface area contributed by atoms with Crippen molar-refractivity contribution in [2.24, 2.45) is 0 Å². The third-order valence-corrected chi connectivity index (χ3v) is 6.20. The lowest BCUT2D eigenvalue weighted by Crippen LogP contribution is -2.30. The summed E-state index contributed by atoms with van der Waals surface area (Å²) in [5.74, 6) is -0.0414. The fourth-order valence-electron chi connectivity index (χ4n) is 4.39. The minimum atomic E-state index is -0.855. The van der Waals surface area contributed by atoms with Crippen LogP contribution < -0.4 is 9.47 Å². The molecule has 0 saturated heterocycles. The first-order valence-corrected chi connectivity index (χ1v) is 12.6. The first kappa shape index (κ1) is 26.0. The summed E-state index contributed by atoms with van der Waals surface area (Å²) in [7, 11) is 0. The lowest BCUT2D eigenvalue weighted by molar-refractivity contribution is -0.130. The second-order valence-electron chi connectivity index (χ2n) is 8.89. The van der Waals surface area contributed by atoms with Gasteiger partial charge in [-0.2, -0.15) is 0 Å². The number of Topliss-reactive ketones (excluding diaryl/α,β-unsaturated/α-hetero) is 1. The summed E-state index contributed by atoms with van der Waals surface area (Å²) < 4.78 is 17.4. The fraction of sp³-hybridized carbons (Fsp3) is 0.345. The van der Waals surface area contributed by atoms with Gasteiger partial charge >= 0.3 is 0 Å². The summed E-state index contributed by atoms with van der Waals surface area (Å²) in [6, 6.07) is 11.3. The van der Waals surface area contributed by atoms with E-state index in [4.69, 9.17) is 13.9 Å². The minimum absolute atomic E-state index is 0.0348. The summed E-state index contributed by atoms with van der Waals surface area (Å²) in [5, 5.41) is 10.9. The molecule has 3 aromatic rings. The molecule has 8 heteroatoms. The lowest BCUT2D eigenvalue weighted by Gasteiger charge is -2.27. The summed E-state index contributed by atoms with van der Waals surface area (Å²) in [4.78, 5) is 32.3. The van der Waals surface area contributed by atoms with Gasteiger partial charge in [0.25, 0.3) is 5.91 Å². The van der Waals surface area contributed by atoms with E-state index in [0.29, 0.717) is 36.0 Å². The maximum Gasteiger partial charge on any atom is 0.290 e. The molecule has 0 fully saturated rings. The van der Waals surface area contributed by atoms with Gasteiger partial charge in [-0.15, -0.1) is 0 Å². The average Bonchev–Trinajstić information content (AvgIpc) is 3.44. The van der Waals surface area contributed by atoms with Crippen molar-refractivity contribution in [2.75, 3.05) is 13.2 Å². The Morgan fingerprint density at radius 2 is 1.84 bits per heavy atom. The van der Waals surface area contributed by atoms with Crippen molar-refractivity contribution in [2.45, 2.75) is 52.6 Å². The predicted molar refractivity (Wildman–Crippen MR) is 138 cm³/mol. The number of hydrogen-bond donors (Lipinski definition) is 1. The van der Waals surface area contributed by atoms with Crippen LogP contribution in [0, 0.1) is 6.92 Å². The zero-order valence-corrected chi connectivity index (χ0v) is 21.4. The standard InChI is InChI=1S/C29H32N2O6/c1-4-6-7-16-36-22-11-9-21(17-24(22)35-5-2)26-25(27(32)23-10-8-19(3)37-23)28(33)29(34)31(26)18-20-12-14-30-15-13-20/h8-15,17,26,33H,4-7,16,18H2,1-3H3. The van der Waals surface area contributed by atoms with Gasteiger partial charge in [0.1, 0.15) is 5.76 Å². The molecule has 37 heavy (non-hydrogen) atoms. The smallest absolute Gasteiger partial charge is 0.290 e. The van der Waals surface area contributed by atoms with Gasteiger partial charge in [0.15, 0.2) is 23.0 Å². The van der Waals surface area contributed by atoms with E-state index in [1.807, 2.05) is 6.92 Å². The van der Waals surface area contributed by atoms with Crippen LogP contribution in [0.4, 0.5) is 0 Å². The van der Waals surface area contributed by atoms with Crippen molar-refractivity contribution in [1.29, 1.82) is 0 Å². The number of aryl methyl sites for hydroxylation is 1. The van der Waals surface area contributed by atoms with Gasteiger partial charge in [-0.25, -0.2) is 0 Å². The first-order chi connectivity index (χ1) is 17.9. The van der Waals surface area contributed by atoms with Crippen molar-refractivity contribution >= 4 is 11.7 Å². The summed E-state index contributed by atoms with van der Waals surface area (Å²) in [5.41, 5.74) is 1.39. The Labute approximate surface area is 216 Å². The highest BCUT2D eigenvalue weighted by molar-refractivity contribution is 6.15. The molecule has 0 radical (unpaired) electrons. The number of furan rings is 1. The lowest BCUT2D eigenvalue weighted by atomic mass is 9.94. The number of benzene rings is 1. The van der Waals surface area contributed by atoms with Crippen LogP contribution >= 0.6 is 0 Å². The second kappa shape index (κ2) is 11.8. The Morgan fingerprint density at radius 1 is 1.05 bits per heavy atom. The number of aliphatic hydroxyl groups is 1. The van der Waals surface area contributed by atoms with Gasteiger partial charge in [0.05, 0.1) is 24.8 Å². The molecule has 1 amide bonds. The van der Waals surface area contributed by atoms with E-state index >= 15 is 0 Å². The molecule has 0 saturated carbocycles. The molecule has 4 rings (SSSR count). The number of nitrogens with zero attached hydrogens (tertiary/aromatic N) is 2. The van der Waals surface area contributed by atoms with Gasteiger partial charge in [0.2, 0.25) is 5.78 Å². The molecule has 8 nitrogen and oxygen atoms in total. The van der Waals surface area contributed by atoms with Gasteiger partial charge in [-0.3, -0.25) is 14.6 Å². The number of pyridine rings is 1. The van der Waals surface area contributed by atoms with Crippen LogP contribution in [0.3, 0.4) is 0 Å². The van der Waals surface area contributed by atoms with Crippen molar-refractivity contribution in [3.63, 3.8) is 0 Å². The Balaban J connectivity index is 1.75. The number of amides is 1. The topological polar surface area (TPSA) is 102 Å². The molecule has 2 aromatic heterocycles. The van der Waals surface area contributed by atoms with E-state index in [1.165, 1.54) is 4.90 Å². The fourth-order valence-corrected chi connectivity index (χ4v) is 4.39. The van der Waals surface area contributed by atoms with E-state index in [1.54, 1.807) is 61.8 Å². The number of aliphatic hydroxyl groups excluding tert-OH is 1. The predicted octanol–water partition coefficient (Wildman–Crippen LogP) is 5.73. The Hall–Kier alpha value is -4.07. The van der Waals surface area contributed by atoms with Crippen LogP contribution in [0.15, 0.2) is 70.6 Å². The quantitative estimate of drug-likeness (QED) is 0.248. The SMILES string of the molecule is CCCCCOc1ccc(C2C(C(=O)c3ccc(C)o3)=C(O)C(=O)N2Cc2ccncc2)cc1OCC. The minimum Gasteiger partial charge on any atom is -0.503 e. The maximum atomic E-state index is 13.5. The number of unbranched alkanes of at least 4 members (excludes halogenated alkanes) is 2. The molecule has 1 aliphatic heterocycles. The van der Waals surface area contributed by atoms with E-state index in [0.717, 1.165) is 24.8 Å². The highest BCUT2D eigenvalue weighted by Gasteiger charge is 2.44. The van der Waals surface area contributed by atoms with Gasteiger partial charge in [-0.05, 0) is 67.8 Å². The number of carbonyl (C=O) groups excluding carboxylic acids is 2. The molecular weight excluding hydrogens is 472 g/mol. The number of rotatable bonds is 12. The van der Waals surface area contributed by atoms with Crippen molar-refractivity contribution < 1.29 is 28.6 Å². The third-order valence-electron chi connectivity index (χ3n) is 6.20. The number of ether oxygens (including phenoxy) is 2.